The average Bonchev–Trinajstić information content (AvgIpc) is 2.39. The Morgan fingerprint density at radius 3 is 2.56 bits per heavy atom. The van der Waals surface area contributed by atoms with E-state index in [1.165, 1.54) is 6.20 Å². The molecule has 0 unspecified atom stereocenters. The molecular formula is C13H9BrN2O2. The second kappa shape index (κ2) is 5.55. The lowest BCUT2D eigenvalue weighted by atomic mass is 10.2. The van der Waals surface area contributed by atoms with E-state index in [9.17, 15) is 9.59 Å². The van der Waals surface area contributed by atoms with Gasteiger partial charge in [0.1, 0.15) is 6.29 Å². The standard InChI is InChI=1S/C13H9BrN2O2/c14-11-5-10(6-15-7-11)13(18)16-12-3-1-9(8-17)2-4-12/h1-8H,(H,16,18). The average molecular weight is 305 g/mol. The van der Waals surface area contributed by atoms with Gasteiger partial charge in [0.2, 0.25) is 0 Å². The van der Waals surface area contributed by atoms with E-state index < -0.39 is 0 Å². The van der Waals surface area contributed by atoms with Crippen LogP contribution in [0.4, 0.5) is 5.69 Å². The van der Waals surface area contributed by atoms with E-state index in [0.717, 1.165) is 10.8 Å². The summed E-state index contributed by atoms with van der Waals surface area (Å²) >= 11 is 3.25. The molecule has 4 nitrogen and oxygen atoms in total. The van der Waals surface area contributed by atoms with Gasteiger partial charge in [0.25, 0.3) is 5.91 Å². The summed E-state index contributed by atoms with van der Waals surface area (Å²) in [5, 5.41) is 2.72. The van der Waals surface area contributed by atoms with Gasteiger partial charge in [-0.25, -0.2) is 0 Å². The van der Waals surface area contributed by atoms with Crippen LogP contribution in [0.5, 0.6) is 0 Å². The number of carbonyl (C=O) groups is 2. The van der Waals surface area contributed by atoms with E-state index in [0.29, 0.717) is 16.8 Å². The zero-order valence-corrected chi connectivity index (χ0v) is 10.8. The molecule has 0 fully saturated rings. The minimum absolute atomic E-state index is 0.248. The first kappa shape index (κ1) is 12.4. The third kappa shape index (κ3) is 3.01. The molecule has 0 aliphatic rings. The Balaban J connectivity index is 2.13. The molecule has 2 rings (SSSR count). The SMILES string of the molecule is O=Cc1ccc(NC(=O)c2cncc(Br)c2)cc1. The second-order valence-electron chi connectivity index (χ2n) is 3.59. The van der Waals surface area contributed by atoms with Gasteiger partial charge in [-0.3, -0.25) is 14.6 Å². The normalized spacial score (nSPS) is 9.83. The molecule has 0 saturated carbocycles. The molecule has 1 aromatic carbocycles. The number of nitrogens with one attached hydrogen (secondary N) is 1. The Bertz CT molecular complexity index is 582. The zero-order chi connectivity index (χ0) is 13.0. The molecule has 2 aromatic rings. The summed E-state index contributed by atoms with van der Waals surface area (Å²) in [5.74, 6) is -0.248. The number of hydrogen-bond donors (Lipinski definition) is 1. The first-order valence-electron chi connectivity index (χ1n) is 5.16. The van der Waals surface area contributed by atoms with Crippen LogP contribution in [0.25, 0.3) is 0 Å². The van der Waals surface area contributed by atoms with Crippen molar-refractivity contribution in [2.45, 2.75) is 0 Å². The fraction of sp³-hybridized carbons (Fsp3) is 0. The van der Waals surface area contributed by atoms with Crippen molar-refractivity contribution in [1.82, 2.24) is 4.98 Å². The maximum atomic E-state index is 11.9. The maximum Gasteiger partial charge on any atom is 0.257 e. The van der Waals surface area contributed by atoms with Crippen LogP contribution < -0.4 is 5.32 Å². The Labute approximate surface area is 112 Å². The van der Waals surface area contributed by atoms with Crippen LogP contribution >= 0.6 is 15.9 Å². The van der Waals surface area contributed by atoms with Crippen molar-refractivity contribution in [1.29, 1.82) is 0 Å². The topological polar surface area (TPSA) is 59.1 Å². The zero-order valence-electron chi connectivity index (χ0n) is 9.26. The van der Waals surface area contributed by atoms with E-state index >= 15 is 0 Å². The number of halogens is 1. The molecule has 0 aliphatic heterocycles. The number of pyridine rings is 1. The summed E-state index contributed by atoms with van der Waals surface area (Å²) in [5.41, 5.74) is 1.66. The number of nitrogens with zero attached hydrogens (tertiary/aromatic N) is 1. The van der Waals surface area contributed by atoms with Crippen LogP contribution in [0, 0.1) is 0 Å². The molecule has 1 N–H and O–H groups in total. The molecule has 1 amide bonds. The van der Waals surface area contributed by atoms with Crippen LogP contribution in [0.2, 0.25) is 0 Å². The highest BCUT2D eigenvalue weighted by molar-refractivity contribution is 9.10. The smallest absolute Gasteiger partial charge is 0.257 e. The summed E-state index contributed by atoms with van der Waals surface area (Å²) in [7, 11) is 0. The monoisotopic (exact) mass is 304 g/mol. The Morgan fingerprint density at radius 2 is 1.94 bits per heavy atom. The lowest BCUT2D eigenvalue weighted by molar-refractivity contribution is 0.102. The molecule has 0 spiro atoms. The van der Waals surface area contributed by atoms with Crippen molar-refractivity contribution in [2.24, 2.45) is 0 Å². The minimum atomic E-state index is -0.248. The van der Waals surface area contributed by atoms with Crippen LogP contribution in [0.1, 0.15) is 20.7 Å². The Hall–Kier alpha value is -2.01. The lowest BCUT2D eigenvalue weighted by Crippen LogP contribution is -2.12. The van der Waals surface area contributed by atoms with E-state index in [4.69, 9.17) is 0 Å². The molecule has 1 aromatic heterocycles. The van der Waals surface area contributed by atoms with Crippen LogP contribution in [-0.4, -0.2) is 17.2 Å². The Kier molecular flexibility index (Phi) is 3.84. The number of aldehydes is 1. The number of anilines is 1. The summed E-state index contributed by atoms with van der Waals surface area (Å²) in [4.78, 5) is 26.3. The van der Waals surface area contributed by atoms with Crippen molar-refractivity contribution < 1.29 is 9.59 Å². The predicted molar refractivity (Wildman–Crippen MR) is 71.7 cm³/mol. The van der Waals surface area contributed by atoms with Gasteiger partial charge in [0, 0.05) is 28.1 Å². The fourth-order valence-electron chi connectivity index (χ4n) is 1.38. The maximum absolute atomic E-state index is 11.9. The molecule has 5 heteroatoms. The quantitative estimate of drug-likeness (QED) is 0.887. The molecular weight excluding hydrogens is 296 g/mol. The summed E-state index contributed by atoms with van der Waals surface area (Å²) in [6.45, 7) is 0. The summed E-state index contributed by atoms with van der Waals surface area (Å²) < 4.78 is 0.742. The largest absolute Gasteiger partial charge is 0.322 e. The van der Waals surface area contributed by atoms with Gasteiger partial charge in [-0.15, -0.1) is 0 Å². The molecule has 0 aliphatic carbocycles. The molecule has 0 atom stereocenters. The highest BCUT2D eigenvalue weighted by Crippen LogP contribution is 2.13. The van der Waals surface area contributed by atoms with Crippen molar-refractivity contribution in [3.63, 3.8) is 0 Å². The van der Waals surface area contributed by atoms with Crippen molar-refractivity contribution in [2.75, 3.05) is 5.32 Å². The number of hydrogen-bond acceptors (Lipinski definition) is 3. The van der Waals surface area contributed by atoms with E-state index in [2.05, 4.69) is 26.2 Å². The van der Waals surface area contributed by atoms with Crippen molar-refractivity contribution in [3.8, 4) is 0 Å². The predicted octanol–water partition coefficient (Wildman–Crippen LogP) is 2.91. The molecule has 90 valence electrons. The molecule has 0 radical (unpaired) electrons. The minimum Gasteiger partial charge on any atom is -0.322 e. The second-order valence-corrected chi connectivity index (χ2v) is 4.50. The number of carbonyl (C=O) groups excluding carboxylic acids is 2. The number of amides is 1. The van der Waals surface area contributed by atoms with Gasteiger partial charge in [-0.1, -0.05) is 0 Å². The lowest BCUT2D eigenvalue weighted by Gasteiger charge is -2.05. The van der Waals surface area contributed by atoms with E-state index in [1.807, 2.05) is 0 Å². The third-order valence-electron chi connectivity index (χ3n) is 2.27. The highest BCUT2D eigenvalue weighted by atomic mass is 79.9. The first-order chi connectivity index (χ1) is 8.69. The van der Waals surface area contributed by atoms with Gasteiger partial charge in [0.05, 0.1) is 5.56 Å². The van der Waals surface area contributed by atoms with E-state index in [1.54, 1.807) is 36.5 Å². The van der Waals surface area contributed by atoms with Crippen LogP contribution in [-0.2, 0) is 0 Å². The summed E-state index contributed by atoms with van der Waals surface area (Å²) in [6.07, 6.45) is 3.85. The van der Waals surface area contributed by atoms with Crippen molar-refractivity contribution in [3.05, 3.63) is 58.3 Å². The Morgan fingerprint density at radius 1 is 1.22 bits per heavy atom. The van der Waals surface area contributed by atoms with Gasteiger partial charge in [0.15, 0.2) is 0 Å². The first-order valence-corrected chi connectivity index (χ1v) is 5.95. The fourth-order valence-corrected chi connectivity index (χ4v) is 1.75. The molecule has 0 bridgehead atoms. The molecule has 1 heterocycles. The molecule has 0 saturated heterocycles. The van der Waals surface area contributed by atoms with E-state index in [-0.39, 0.29) is 5.91 Å². The van der Waals surface area contributed by atoms with Gasteiger partial charge in [-0.2, -0.15) is 0 Å². The number of aromatic nitrogens is 1. The number of rotatable bonds is 3. The van der Waals surface area contributed by atoms with Gasteiger partial charge in [-0.05, 0) is 46.3 Å². The highest BCUT2D eigenvalue weighted by Gasteiger charge is 2.06. The summed E-state index contributed by atoms with van der Waals surface area (Å²) in [6, 6.07) is 8.31. The van der Waals surface area contributed by atoms with Crippen LogP contribution in [0.15, 0.2) is 47.2 Å². The third-order valence-corrected chi connectivity index (χ3v) is 2.71. The van der Waals surface area contributed by atoms with Crippen molar-refractivity contribution >= 4 is 33.8 Å². The van der Waals surface area contributed by atoms with Crippen LogP contribution in [0.3, 0.4) is 0 Å². The number of benzene rings is 1. The van der Waals surface area contributed by atoms with Gasteiger partial charge >= 0.3 is 0 Å². The molecule has 18 heavy (non-hydrogen) atoms. The van der Waals surface area contributed by atoms with Gasteiger partial charge < -0.3 is 5.32 Å².